The van der Waals surface area contributed by atoms with Crippen molar-refractivity contribution in [3.8, 4) is 5.69 Å². The third kappa shape index (κ3) is 4.26. The van der Waals surface area contributed by atoms with E-state index in [1.807, 2.05) is 45.0 Å². The molecule has 3 aromatic heterocycles. The van der Waals surface area contributed by atoms with Crippen molar-refractivity contribution < 1.29 is 13.9 Å². The van der Waals surface area contributed by atoms with Crippen molar-refractivity contribution in [1.82, 2.24) is 18.7 Å². The van der Waals surface area contributed by atoms with Crippen LogP contribution in [0.25, 0.3) is 16.9 Å². The molecule has 0 aliphatic heterocycles. The summed E-state index contributed by atoms with van der Waals surface area (Å²) >= 11 is 0. The van der Waals surface area contributed by atoms with Gasteiger partial charge in [0, 0.05) is 6.54 Å². The number of methoxy groups -OCH3 is 1. The van der Waals surface area contributed by atoms with E-state index in [2.05, 4.69) is 9.72 Å². The Labute approximate surface area is 189 Å². The van der Waals surface area contributed by atoms with Crippen LogP contribution in [0.5, 0.6) is 0 Å². The number of nitrogens with zero attached hydrogens (tertiary/aromatic N) is 4. The molecule has 3 heterocycles. The summed E-state index contributed by atoms with van der Waals surface area (Å²) in [5, 5.41) is 0. The van der Waals surface area contributed by atoms with Crippen LogP contribution in [0.15, 0.2) is 56.7 Å². The van der Waals surface area contributed by atoms with Crippen molar-refractivity contribution in [3.05, 3.63) is 80.6 Å². The van der Waals surface area contributed by atoms with Gasteiger partial charge in [-0.1, -0.05) is 31.5 Å². The number of imidazole rings is 1. The molecule has 9 nitrogen and oxygen atoms in total. The summed E-state index contributed by atoms with van der Waals surface area (Å²) in [5.74, 6) is 0.268. The Hall–Kier alpha value is -3.88. The Morgan fingerprint density at radius 3 is 2.52 bits per heavy atom. The first-order chi connectivity index (χ1) is 15.8. The van der Waals surface area contributed by atoms with Gasteiger partial charge in [0.1, 0.15) is 5.76 Å². The number of hydrogen-bond donors (Lipinski definition) is 0. The van der Waals surface area contributed by atoms with Gasteiger partial charge in [-0.05, 0) is 43.5 Å². The fourth-order valence-corrected chi connectivity index (χ4v) is 3.65. The molecule has 0 saturated carbocycles. The Morgan fingerprint density at radius 2 is 1.85 bits per heavy atom. The average molecular weight is 450 g/mol. The molecule has 0 spiro atoms. The molecule has 0 bridgehead atoms. The molecule has 0 radical (unpaired) electrons. The second-order valence-corrected chi connectivity index (χ2v) is 8.40. The number of fused-ring (bicyclic) bond motifs is 1. The number of aryl methyl sites for hydroxylation is 1. The van der Waals surface area contributed by atoms with Crippen molar-refractivity contribution in [2.24, 2.45) is 5.92 Å². The summed E-state index contributed by atoms with van der Waals surface area (Å²) in [6, 6.07) is 10.6. The zero-order valence-electron chi connectivity index (χ0n) is 19.1. The van der Waals surface area contributed by atoms with Crippen LogP contribution in [0, 0.1) is 12.8 Å². The first kappa shape index (κ1) is 22.3. The lowest BCUT2D eigenvalue weighted by Crippen LogP contribution is -2.40. The van der Waals surface area contributed by atoms with Gasteiger partial charge in [-0.25, -0.2) is 19.1 Å². The molecule has 0 fully saturated rings. The predicted octanol–water partition coefficient (Wildman–Crippen LogP) is 3.13. The second kappa shape index (κ2) is 8.93. The Morgan fingerprint density at radius 1 is 1.12 bits per heavy atom. The van der Waals surface area contributed by atoms with E-state index in [-0.39, 0.29) is 23.5 Å². The van der Waals surface area contributed by atoms with E-state index in [9.17, 15) is 14.4 Å². The fourth-order valence-electron chi connectivity index (χ4n) is 3.65. The topological polar surface area (TPSA) is 101 Å². The molecule has 9 heteroatoms. The fraction of sp³-hybridized carbons (Fsp3) is 0.333. The lowest BCUT2D eigenvalue weighted by molar-refractivity contribution is 0.0563. The third-order valence-corrected chi connectivity index (χ3v) is 5.50. The Bertz CT molecular complexity index is 1420. The van der Waals surface area contributed by atoms with E-state index in [1.165, 1.54) is 28.6 Å². The van der Waals surface area contributed by atoms with Crippen molar-refractivity contribution in [2.45, 2.75) is 40.3 Å². The van der Waals surface area contributed by atoms with Crippen LogP contribution in [0.2, 0.25) is 0 Å². The monoisotopic (exact) mass is 450 g/mol. The molecule has 0 atom stereocenters. The van der Waals surface area contributed by atoms with E-state index >= 15 is 0 Å². The number of ether oxygens (including phenoxy) is 1. The van der Waals surface area contributed by atoms with Crippen LogP contribution < -0.4 is 11.2 Å². The first-order valence-electron chi connectivity index (χ1n) is 10.7. The van der Waals surface area contributed by atoms with Crippen LogP contribution >= 0.6 is 0 Å². The molecule has 0 saturated heterocycles. The zero-order chi connectivity index (χ0) is 23.7. The predicted molar refractivity (Wildman–Crippen MR) is 123 cm³/mol. The largest absolute Gasteiger partial charge is 0.463 e. The summed E-state index contributed by atoms with van der Waals surface area (Å²) in [4.78, 5) is 42.9. The second-order valence-electron chi connectivity index (χ2n) is 8.40. The van der Waals surface area contributed by atoms with Crippen molar-refractivity contribution >= 4 is 17.1 Å². The smallest absolute Gasteiger partial charge is 0.373 e. The molecule has 0 aliphatic carbocycles. The zero-order valence-corrected chi connectivity index (χ0v) is 19.1. The number of benzene rings is 1. The highest BCUT2D eigenvalue weighted by molar-refractivity contribution is 5.86. The van der Waals surface area contributed by atoms with E-state index in [1.54, 1.807) is 10.6 Å². The minimum absolute atomic E-state index is 0.0721. The van der Waals surface area contributed by atoms with Gasteiger partial charge >= 0.3 is 11.7 Å². The number of rotatable bonds is 7. The minimum atomic E-state index is -0.582. The maximum Gasteiger partial charge on any atom is 0.373 e. The SMILES string of the molecule is COC(=O)c1ccc(Cn2cnc3c2c(=O)n(CCC(C)C)c(=O)n3-c2ccc(C)cc2)o1. The summed E-state index contributed by atoms with van der Waals surface area (Å²) in [6.07, 6.45) is 2.19. The highest BCUT2D eigenvalue weighted by Crippen LogP contribution is 2.17. The Balaban J connectivity index is 1.89. The summed E-state index contributed by atoms with van der Waals surface area (Å²) < 4.78 is 14.6. The molecule has 0 aliphatic rings. The van der Waals surface area contributed by atoms with E-state index in [0.29, 0.717) is 30.3 Å². The number of esters is 1. The number of furan rings is 1. The normalized spacial score (nSPS) is 11.4. The van der Waals surface area contributed by atoms with Crippen LogP contribution in [0.1, 0.15) is 42.1 Å². The summed E-state index contributed by atoms with van der Waals surface area (Å²) in [5.41, 5.74) is 1.42. The van der Waals surface area contributed by atoms with Crippen molar-refractivity contribution in [3.63, 3.8) is 0 Å². The van der Waals surface area contributed by atoms with Gasteiger partial charge < -0.3 is 13.7 Å². The standard InChI is InChI=1S/C24H26N4O5/c1-15(2)11-12-27-22(29)20-21(28(24(27)31)17-7-5-16(3)6-8-17)25-14-26(20)13-18-9-10-19(33-18)23(30)32-4/h5-10,14-15H,11-13H2,1-4H3. The van der Waals surface area contributed by atoms with Gasteiger partial charge in [-0.3, -0.25) is 9.36 Å². The lowest BCUT2D eigenvalue weighted by Gasteiger charge is -2.13. The summed E-state index contributed by atoms with van der Waals surface area (Å²) in [7, 11) is 1.28. The third-order valence-electron chi connectivity index (χ3n) is 5.50. The molecular formula is C24H26N4O5. The Kier molecular flexibility index (Phi) is 6.04. The molecule has 172 valence electrons. The molecule has 33 heavy (non-hydrogen) atoms. The van der Waals surface area contributed by atoms with E-state index < -0.39 is 17.2 Å². The number of carbonyl (C=O) groups excluding carboxylic acids is 1. The molecule has 0 N–H and O–H groups in total. The minimum Gasteiger partial charge on any atom is -0.463 e. The number of carbonyl (C=O) groups is 1. The molecular weight excluding hydrogens is 424 g/mol. The van der Waals surface area contributed by atoms with Crippen LogP contribution in [0.3, 0.4) is 0 Å². The van der Waals surface area contributed by atoms with Gasteiger partial charge in [0.15, 0.2) is 11.2 Å². The maximum atomic E-state index is 13.4. The summed E-state index contributed by atoms with van der Waals surface area (Å²) in [6.45, 7) is 6.52. The van der Waals surface area contributed by atoms with Gasteiger partial charge in [0.25, 0.3) is 5.56 Å². The van der Waals surface area contributed by atoms with Gasteiger partial charge in [-0.2, -0.15) is 0 Å². The highest BCUT2D eigenvalue weighted by Gasteiger charge is 2.20. The molecule has 1 aromatic carbocycles. The quantitative estimate of drug-likeness (QED) is 0.401. The molecule has 4 rings (SSSR count). The highest BCUT2D eigenvalue weighted by atomic mass is 16.5. The lowest BCUT2D eigenvalue weighted by atomic mass is 10.1. The molecule has 0 unspecified atom stereocenters. The van der Waals surface area contributed by atoms with E-state index in [4.69, 9.17) is 4.42 Å². The van der Waals surface area contributed by atoms with E-state index in [0.717, 1.165) is 5.56 Å². The van der Waals surface area contributed by atoms with Crippen LogP contribution in [-0.4, -0.2) is 31.8 Å². The number of hydrogen-bond acceptors (Lipinski definition) is 6. The van der Waals surface area contributed by atoms with Crippen molar-refractivity contribution in [1.29, 1.82) is 0 Å². The average Bonchev–Trinajstić information content (AvgIpc) is 3.42. The van der Waals surface area contributed by atoms with Gasteiger partial charge in [0.05, 0.1) is 25.7 Å². The molecule has 4 aromatic rings. The van der Waals surface area contributed by atoms with Crippen LogP contribution in [0.4, 0.5) is 0 Å². The van der Waals surface area contributed by atoms with Gasteiger partial charge in [0.2, 0.25) is 5.76 Å². The van der Waals surface area contributed by atoms with Crippen molar-refractivity contribution in [2.75, 3.05) is 7.11 Å². The molecule has 0 amide bonds. The van der Waals surface area contributed by atoms with Crippen LogP contribution in [-0.2, 0) is 17.8 Å². The van der Waals surface area contributed by atoms with Gasteiger partial charge in [-0.15, -0.1) is 0 Å². The first-order valence-corrected chi connectivity index (χ1v) is 10.7. The number of aromatic nitrogens is 4. The maximum absolute atomic E-state index is 13.4.